The Morgan fingerprint density at radius 3 is 1.82 bits per heavy atom. The second kappa shape index (κ2) is 19.7. The van der Waals surface area contributed by atoms with Crippen molar-refractivity contribution in [1.29, 1.82) is 0 Å². The zero-order valence-electron chi connectivity index (χ0n) is 38.0. The Hall–Kier alpha value is -7.18. The number of hydrogen-bond donors (Lipinski definition) is 4. The molecule has 3 aromatic heterocycles. The zero-order valence-corrected chi connectivity index (χ0v) is 38.0. The van der Waals surface area contributed by atoms with Crippen LogP contribution in [0, 0.1) is 0 Å². The van der Waals surface area contributed by atoms with Gasteiger partial charge in [0.15, 0.2) is 0 Å². The number of benzene rings is 3. The van der Waals surface area contributed by atoms with Gasteiger partial charge in [-0.15, -0.1) is 0 Å². The summed E-state index contributed by atoms with van der Waals surface area (Å²) in [5, 5.41) is 6.35. The van der Waals surface area contributed by atoms with Crippen LogP contribution < -0.4 is 15.4 Å². The zero-order chi connectivity index (χ0) is 46.6. The molecule has 3 aromatic carbocycles. The predicted octanol–water partition coefficient (Wildman–Crippen LogP) is 6.88. The maximum Gasteiger partial charge on any atom is 0.407 e. The molecule has 2 saturated heterocycles. The first-order valence-corrected chi connectivity index (χ1v) is 22.6. The lowest BCUT2D eigenvalue weighted by atomic mass is 10.0. The monoisotopic (exact) mass is 913 g/mol. The predicted molar refractivity (Wildman–Crippen MR) is 247 cm³/mol. The molecule has 0 spiro atoms. The number of aromatic amines is 2. The first kappa shape index (κ1) is 45.0. The number of rotatable bonds is 15. The molecule has 9 rings (SSSR count). The molecule has 67 heavy (non-hydrogen) atoms. The lowest BCUT2D eigenvalue weighted by Gasteiger charge is -2.30. The summed E-state index contributed by atoms with van der Waals surface area (Å²) < 4.78 is 29.2. The van der Waals surface area contributed by atoms with Crippen molar-refractivity contribution in [1.82, 2.24) is 44.9 Å². The minimum atomic E-state index is -0.796. The Labute approximate surface area is 387 Å². The molecule has 5 atom stereocenters. The van der Waals surface area contributed by atoms with Crippen LogP contribution in [0.4, 0.5) is 9.59 Å². The van der Waals surface area contributed by atoms with Gasteiger partial charge in [0.2, 0.25) is 18.0 Å². The van der Waals surface area contributed by atoms with E-state index in [9.17, 15) is 19.2 Å². The lowest BCUT2D eigenvalue weighted by Crippen LogP contribution is -2.49. The molecule has 350 valence electrons. The summed E-state index contributed by atoms with van der Waals surface area (Å²) in [7, 11) is 5.65. The molecule has 6 heterocycles. The molecule has 0 saturated carbocycles. The molecule has 6 aromatic rings. The number of aromatic nitrogens is 5. The van der Waals surface area contributed by atoms with Crippen molar-refractivity contribution in [3.63, 3.8) is 0 Å². The number of hydrogen-bond acceptors (Lipinski definition) is 11. The van der Waals surface area contributed by atoms with Gasteiger partial charge in [0.25, 0.3) is 0 Å². The maximum atomic E-state index is 13.8. The summed E-state index contributed by atoms with van der Waals surface area (Å²) in [6, 6.07) is 22.6. The number of nitrogens with zero attached hydrogens (tertiary/aromatic N) is 5. The van der Waals surface area contributed by atoms with Crippen LogP contribution >= 0.6 is 0 Å². The number of amides is 4. The van der Waals surface area contributed by atoms with Gasteiger partial charge in [0, 0.05) is 81.0 Å². The largest absolute Gasteiger partial charge is 0.465 e. The van der Waals surface area contributed by atoms with E-state index in [-0.39, 0.29) is 23.9 Å². The van der Waals surface area contributed by atoms with Gasteiger partial charge >= 0.3 is 12.2 Å². The van der Waals surface area contributed by atoms with E-state index < -0.39 is 30.5 Å². The Kier molecular flexibility index (Phi) is 13.3. The van der Waals surface area contributed by atoms with Gasteiger partial charge in [-0.3, -0.25) is 9.59 Å². The van der Waals surface area contributed by atoms with Crippen LogP contribution in [0.3, 0.4) is 0 Å². The highest BCUT2D eigenvalue weighted by Gasteiger charge is 2.38. The number of carbonyl (C=O) groups excluding carboxylic acids is 4. The van der Waals surface area contributed by atoms with Crippen LogP contribution in [0.1, 0.15) is 74.0 Å². The van der Waals surface area contributed by atoms with Gasteiger partial charge in [0.1, 0.15) is 29.5 Å². The smallest absolute Gasteiger partial charge is 0.407 e. The van der Waals surface area contributed by atoms with Crippen LogP contribution in [0.25, 0.3) is 44.7 Å². The second-order valence-corrected chi connectivity index (χ2v) is 16.9. The minimum Gasteiger partial charge on any atom is -0.465 e. The molecular weight excluding hydrogens is 859 g/mol. The van der Waals surface area contributed by atoms with Crippen molar-refractivity contribution in [2.24, 2.45) is 0 Å². The number of H-pyrrole nitrogens is 2. The summed E-state index contributed by atoms with van der Waals surface area (Å²) in [5.41, 5.74) is 7.32. The van der Waals surface area contributed by atoms with Crippen LogP contribution in [0.5, 0.6) is 5.75 Å². The molecule has 4 N–H and O–H groups in total. The summed E-state index contributed by atoms with van der Waals surface area (Å²) in [4.78, 5) is 71.9. The number of imidazole rings is 2. The number of likely N-dealkylation sites (tertiary alicyclic amines) is 2. The van der Waals surface area contributed by atoms with Gasteiger partial charge in [-0.2, -0.15) is 0 Å². The third-order valence-electron chi connectivity index (χ3n) is 12.9. The first-order valence-electron chi connectivity index (χ1n) is 22.6. The van der Waals surface area contributed by atoms with Gasteiger partial charge in [-0.05, 0) is 56.0 Å². The summed E-state index contributed by atoms with van der Waals surface area (Å²) in [6.07, 6.45) is 5.46. The highest BCUT2D eigenvalue weighted by molar-refractivity contribution is 5.93. The van der Waals surface area contributed by atoms with Crippen molar-refractivity contribution < 1.29 is 42.9 Å². The molecule has 18 nitrogen and oxygen atoms in total. The van der Waals surface area contributed by atoms with Crippen LogP contribution in [-0.4, -0.2) is 125 Å². The fourth-order valence-corrected chi connectivity index (χ4v) is 9.59. The van der Waals surface area contributed by atoms with E-state index in [4.69, 9.17) is 33.7 Å². The third kappa shape index (κ3) is 9.05. The van der Waals surface area contributed by atoms with E-state index >= 15 is 0 Å². The normalized spacial score (nSPS) is 18.5. The van der Waals surface area contributed by atoms with E-state index in [1.54, 1.807) is 36.4 Å². The molecule has 0 aliphatic carbocycles. The highest BCUT2D eigenvalue weighted by Crippen LogP contribution is 2.46. The number of carbonyl (C=O) groups is 4. The van der Waals surface area contributed by atoms with Gasteiger partial charge in [-0.25, -0.2) is 19.6 Å². The van der Waals surface area contributed by atoms with Crippen molar-refractivity contribution in [2.45, 2.75) is 68.9 Å². The van der Waals surface area contributed by atoms with E-state index in [2.05, 4.69) is 67.6 Å². The Balaban J connectivity index is 0.988. The summed E-state index contributed by atoms with van der Waals surface area (Å²) in [5.74, 6) is 1.65. The SMILES string of the molecule is COCC[C@H](NC(=O)OC)C(=O)N1CCC[C@H]1c1ncc(-c2ccc3c(c2)O[C@@H](c2ccccc2)n2c-3cc3cc(-c4cnc([C@@H]5CCCN5C(=O)[C@H](CCOC)NC(=O)OC)[nH]4)ccc32)[nH]1. The average molecular weight is 914 g/mol. The van der Waals surface area contributed by atoms with E-state index in [1.807, 2.05) is 30.3 Å². The number of alkyl carbamates (subject to hydrolysis) is 2. The molecule has 3 aliphatic rings. The molecule has 4 amide bonds. The number of nitrogens with one attached hydrogen (secondary N) is 4. The standard InChI is InChI=1S/C49H55N9O9/c1-63-22-18-34(54-48(61)65-3)45(59)56-20-8-12-39(56)43-50-27-36(52-43)30-15-17-38-32(24-30)25-41-33-16-14-31(26-42(33)67-47(58(38)41)29-10-6-5-7-11-29)37-28-51-44(53-37)40-13-9-21-57(40)46(60)35(19-23-64-2)55-49(62)66-4/h5-7,10-11,14-17,24-28,34-35,39-40,47H,8-9,12-13,18-23H2,1-4H3,(H,50,52)(H,51,53)(H,54,61)(H,55,62)/t34-,35-,39-,40-,47-/m0/s1. The Morgan fingerprint density at radius 1 is 0.716 bits per heavy atom. The Morgan fingerprint density at radius 2 is 1.27 bits per heavy atom. The van der Waals surface area contributed by atoms with Crippen molar-refractivity contribution in [3.05, 3.63) is 102 Å². The lowest BCUT2D eigenvalue weighted by molar-refractivity contribution is -0.135. The molecule has 18 heteroatoms. The molecule has 3 aliphatic heterocycles. The Bertz CT molecular complexity index is 2750. The van der Waals surface area contributed by atoms with Crippen LogP contribution in [0.15, 0.2) is 85.2 Å². The molecule has 0 radical (unpaired) electrons. The summed E-state index contributed by atoms with van der Waals surface area (Å²) >= 11 is 0. The second-order valence-electron chi connectivity index (χ2n) is 16.9. The average Bonchev–Trinajstić information content (AvgIpc) is 4.22. The number of fused-ring (bicyclic) bond motifs is 5. The first-order chi connectivity index (χ1) is 32.7. The third-order valence-corrected chi connectivity index (χ3v) is 12.9. The molecule has 0 unspecified atom stereocenters. The van der Waals surface area contributed by atoms with E-state index in [1.165, 1.54) is 14.2 Å². The van der Waals surface area contributed by atoms with E-state index in [0.29, 0.717) is 56.5 Å². The fourth-order valence-electron chi connectivity index (χ4n) is 9.59. The van der Waals surface area contributed by atoms with Gasteiger partial charge in [0.05, 0.1) is 61.3 Å². The van der Waals surface area contributed by atoms with Crippen LogP contribution in [-0.2, 0) is 28.5 Å². The van der Waals surface area contributed by atoms with Crippen LogP contribution in [0.2, 0.25) is 0 Å². The molecule has 2 fully saturated rings. The molecule has 0 bridgehead atoms. The van der Waals surface area contributed by atoms with Crippen molar-refractivity contribution >= 4 is 34.9 Å². The van der Waals surface area contributed by atoms with Crippen molar-refractivity contribution in [2.75, 3.05) is 54.7 Å². The van der Waals surface area contributed by atoms with Gasteiger partial charge in [-0.1, -0.05) is 42.5 Å². The van der Waals surface area contributed by atoms with Crippen molar-refractivity contribution in [3.8, 4) is 39.5 Å². The number of methoxy groups -OCH3 is 4. The maximum absolute atomic E-state index is 13.8. The topological polar surface area (TPSA) is 207 Å². The van der Waals surface area contributed by atoms with Gasteiger partial charge < -0.3 is 58.7 Å². The fraction of sp³-hybridized carbons (Fsp3) is 0.388. The number of ether oxygens (including phenoxy) is 5. The minimum absolute atomic E-state index is 0.204. The van der Waals surface area contributed by atoms with E-state index in [0.717, 1.165) is 75.9 Å². The quantitative estimate of drug-likeness (QED) is 0.0836. The molecular formula is C49H55N9O9. The highest BCUT2D eigenvalue weighted by atomic mass is 16.5. The summed E-state index contributed by atoms with van der Waals surface area (Å²) in [6.45, 7) is 1.68.